The zero-order valence-electron chi connectivity index (χ0n) is 11.2. The zero-order valence-corrected chi connectivity index (χ0v) is 12.8. The van der Waals surface area contributed by atoms with Gasteiger partial charge in [-0.25, -0.2) is 5.01 Å². The molecule has 0 aromatic rings. The molecule has 4 nitrogen and oxygen atoms in total. The average Bonchev–Trinajstić information content (AvgIpc) is 2.43. The Kier molecular flexibility index (Phi) is 2.44. The highest BCUT2D eigenvalue weighted by molar-refractivity contribution is 7.80. The lowest BCUT2D eigenvalue weighted by molar-refractivity contribution is -0.00927. The fourth-order valence-corrected chi connectivity index (χ4v) is 3.44. The van der Waals surface area contributed by atoms with E-state index in [1.54, 1.807) is 0 Å². The zero-order chi connectivity index (χ0) is 13.2. The molecular weight excluding hydrogens is 252 g/mol. The first-order valence-electron chi connectivity index (χ1n) is 5.75. The first kappa shape index (κ1) is 12.8. The summed E-state index contributed by atoms with van der Waals surface area (Å²) < 4.78 is 0. The number of rotatable bonds is 0. The van der Waals surface area contributed by atoms with Gasteiger partial charge < -0.3 is 10.6 Å². The molecule has 2 aliphatic rings. The van der Waals surface area contributed by atoms with Gasteiger partial charge in [-0.1, -0.05) is 0 Å². The van der Waals surface area contributed by atoms with Crippen molar-refractivity contribution in [1.29, 1.82) is 0 Å². The Labute approximate surface area is 114 Å². The summed E-state index contributed by atoms with van der Waals surface area (Å²) >= 11 is 10.9. The lowest BCUT2D eigenvalue weighted by Gasteiger charge is -2.42. The maximum absolute atomic E-state index is 5.46. The van der Waals surface area contributed by atoms with Crippen LogP contribution >= 0.6 is 24.4 Å². The number of hydrazine groups is 1. The highest BCUT2D eigenvalue weighted by Gasteiger charge is 2.62. The van der Waals surface area contributed by atoms with Gasteiger partial charge in [0.15, 0.2) is 15.9 Å². The summed E-state index contributed by atoms with van der Waals surface area (Å²) in [6, 6.07) is 0. The van der Waals surface area contributed by atoms with E-state index in [0.29, 0.717) is 0 Å². The van der Waals surface area contributed by atoms with Crippen molar-refractivity contribution in [3.05, 3.63) is 0 Å². The molecule has 96 valence electrons. The molecule has 2 saturated heterocycles. The van der Waals surface area contributed by atoms with E-state index in [-0.39, 0.29) is 16.7 Å². The first-order valence-corrected chi connectivity index (χ1v) is 6.57. The van der Waals surface area contributed by atoms with Crippen molar-refractivity contribution >= 4 is 34.7 Å². The molecule has 2 fully saturated rings. The Morgan fingerprint density at radius 2 is 1.53 bits per heavy atom. The molecule has 17 heavy (non-hydrogen) atoms. The van der Waals surface area contributed by atoms with E-state index in [1.165, 1.54) is 0 Å². The quantitative estimate of drug-likeness (QED) is 0.651. The predicted molar refractivity (Wildman–Crippen MR) is 77.4 cm³/mol. The summed E-state index contributed by atoms with van der Waals surface area (Å²) in [4.78, 5) is 0. The summed E-state index contributed by atoms with van der Waals surface area (Å²) in [5, 5.41) is 12.3. The molecule has 0 aromatic carbocycles. The third kappa shape index (κ3) is 1.53. The van der Waals surface area contributed by atoms with E-state index >= 15 is 0 Å². The summed E-state index contributed by atoms with van der Waals surface area (Å²) in [5.74, 6) is 0. The van der Waals surface area contributed by atoms with Crippen LogP contribution in [0.15, 0.2) is 0 Å². The van der Waals surface area contributed by atoms with Gasteiger partial charge in [-0.15, -0.1) is 0 Å². The van der Waals surface area contributed by atoms with Crippen LogP contribution in [0.25, 0.3) is 0 Å². The molecule has 2 N–H and O–H groups in total. The van der Waals surface area contributed by atoms with Crippen molar-refractivity contribution in [2.24, 2.45) is 0 Å². The van der Waals surface area contributed by atoms with Gasteiger partial charge in [0.25, 0.3) is 0 Å². The van der Waals surface area contributed by atoms with Crippen molar-refractivity contribution in [3.63, 3.8) is 0 Å². The monoisotopic (exact) mass is 272 g/mol. The summed E-state index contributed by atoms with van der Waals surface area (Å²) in [6.45, 7) is 12.8. The van der Waals surface area contributed by atoms with Crippen LogP contribution in [-0.4, -0.2) is 37.0 Å². The highest BCUT2D eigenvalue weighted by atomic mass is 32.1. The van der Waals surface area contributed by atoms with E-state index in [2.05, 4.69) is 62.2 Å². The van der Waals surface area contributed by atoms with Crippen LogP contribution in [0.1, 0.15) is 41.5 Å². The molecule has 2 rings (SSSR count). The molecule has 1 atom stereocenters. The number of hydrogen-bond acceptors (Lipinski definition) is 2. The number of thiocarbonyl (C=S) groups is 2. The normalized spacial score (nSPS) is 31.4. The van der Waals surface area contributed by atoms with Crippen LogP contribution in [0.2, 0.25) is 0 Å². The van der Waals surface area contributed by atoms with Crippen LogP contribution in [0.3, 0.4) is 0 Å². The lowest BCUT2D eigenvalue weighted by Crippen LogP contribution is -2.61. The van der Waals surface area contributed by atoms with Crippen LogP contribution in [-0.2, 0) is 0 Å². The Balaban J connectivity index is 2.51. The molecule has 2 heterocycles. The molecular formula is C11H20N4S2. The largest absolute Gasteiger partial charge is 0.352 e. The molecule has 0 spiro atoms. The second-order valence-electron chi connectivity index (χ2n) is 6.35. The van der Waals surface area contributed by atoms with E-state index < -0.39 is 0 Å². The minimum absolute atomic E-state index is 0.103. The molecule has 0 radical (unpaired) electrons. The third-order valence-corrected chi connectivity index (χ3v) is 4.18. The minimum Gasteiger partial charge on any atom is -0.352 e. The van der Waals surface area contributed by atoms with Gasteiger partial charge in [-0.05, 0) is 66.0 Å². The van der Waals surface area contributed by atoms with E-state index in [1.807, 2.05) is 0 Å². The molecule has 0 saturated carbocycles. The second kappa shape index (κ2) is 3.23. The minimum atomic E-state index is -0.311. The van der Waals surface area contributed by atoms with Gasteiger partial charge in [0.05, 0.1) is 11.1 Å². The van der Waals surface area contributed by atoms with Crippen molar-refractivity contribution in [3.8, 4) is 0 Å². The van der Waals surface area contributed by atoms with Crippen molar-refractivity contribution in [2.45, 2.75) is 58.3 Å². The van der Waals surface area contributed by atoms with Crippen LogP contribution in [0.5, 0.6) is 0 Å². The van der Waals surface area contributed by atoms with Gasteiger partial charge in [0.2, 0.25) is 0 Å². The smallest absolute Gasteiger partial charge is 0.191 e. The van der Waals surface area contributed by atoms with Crippen molar-refractivity contribution in [2.75, 3.05) is 0 Å². The van der Waals surface area contributed by atoms with Crippen LogP contribution in [0.4, 0.5) is 0 Å². The van der Waals surface area contributed by atoms with Crippen LogP contribution in [0, 0.1) is 0 Å². The Bertz CT molecular complexity index is 397. The third-order valence-electron chi connectivity index (χ3n) is 3.63. The molecule has 0 bridgehead atoms. The molecule has 0 aromatic heterocycles. The number of hydrogen-bond donors (Lipinski definition) is 2. The van der Waals surface area contributed by atoms with Gasteiger partial charge in [-0.3, -0.25) is 5.01 Å². The second-order valence-corrected chi connectivity index (χ2v) is 7.13. The molecule has 0 amide bonds. The van der Waals surface area contributed by atoms with E-state index in [9.17, 15) is 0 Å². The SMILES string of the molecule is CC(C)(C)N1C(=S)NC2(C)N1C(=S)NC2(C)C. The Morgan fingerprint density at radius 1 is 1.00 bits per heavy atom. The van der Waals surface area contributed by atoms with E-state index in [4.69, 9.17) is 24.4 Å². The number of fused-ring (bicyclic) bond motifs is 1. The van der Waals surface area contributed by atoms with Crippen molar-refractivity contribution in [1.82, 2.24) is 20.7 Å². The lowest BCUT2D eigenvalue weighted by atomic mass is 9.91. The standard InChI is InChI=1S/C11H20N4S2/c1-9(2,3)14-8(17)13-11(6)10(4,5)12-7(16)15(11)14/h1-6H3,(H,12,16)(H,13,17). The molecule has 2 aliphatic heterocycles. The first-order chi connectivity index (χ1) is 7.51. The van der Waals surface area contributed by atoms with Gasteiger partial charge >= 0.3 is 0 Å². The Hall–Kier alpha value is -0.620. The van der Waals surface area contributed by atoms with Gasteiger partial charge in [0.1, 0.15) is 0 Å². The average molecular weight is 272 g/mol. The summed E-state index contributed by atoms with van der Waals surface area (Å²) in [6.07, 6.45) is 0. The summed E-state index contributed by atoms with van der Waals surface area (Å²) in [7, 11) is 0. The van der Waals surface area contributed by atoms with Gasteiger partial charge in [0, 0.05) is 0 Å². The van der Waals surface area contributed by atoms with Crippen LogP contribution < -0.4 is 10.6 Å². The van der Waals surface area contributed by atoms with E-state index in [0.717, 1.165) is 10.2 Å². The highest BCUT2D eigenvalue weighted by Crippen LogP contribution is 2.40. The predicted octanol–water partition coefficient (Wildman–Crippen LogP) is 1.57. The number of nitrogens with zero attached hydrogens (tertiary/aromatic N) is 2. The summed E-state index contributed by atoms with van der Waals surface area (Å²) in [5.41, 5.74) is -0.587. The maximum atomic E-state index is 5.46. The molecule has 6 heteroatoms. The maximum Gasteiger partial charge on any atom is 0.191 e. The fourth-order valence-electron chi connectivity index (χ4n) is 2.37. The fraction of sp³-hybridized carbons (Fsp3) is 0.818. The number of nitrogens with one attached hydrogen (secondary N) is 2. The Morgan fingerprint density at radius 3 is 2.00 bits per heavy atom. The molecule has 1 unspecified atom stereocenters. The van der Waals surface area contributed by atoms with Gasteiger partial charge in [-0.2, -0.15) is 0 Å². The topological polar surface area (TPSA) is 30.5 Å². The van der Waals surface area contributed by atoms with Crippen molar-refractivity contribution < 1.29 is 0 Å². The molecule has 0 aliphatic carbocycles.